The molecule has 3 aromatic rings. The van der Waals surface area contributed by atoms with Gasteiger partial charge in [0.2, 0.25) is 11.8 Å². The van der Waals surface area contributed by atoms with Gasteiger partial charge in [0.25, 0.3) is 0 Å². The standard InChI is InChI=1S/C18H16N2O2S/c21-17(11-10-15-8-5-13-23-15)20-16-9-4-12-19-18(16)22-14-6-2-1-3-7-14/h1-9,12-13H,10-11H2,(H,20,21). The van der Waals surface area contributed by atoms with Gasteiger partial charge >= 0.3 is 0 Å². The highest BCUT2D eigenvalue weighted by Crippen LogP contribution is 2.26. The van der Waals surface area contributed by atoms with Crippen LogP contribution in [0.25, 0.3) is 0 Å². The molecule has 1 N–H and O–H groups in total. The summed E-state index contributed by atoms with van der Waals surface area (Å²) < 4.78 is 5.74. The molecule has 0 fully saturated rings. The monoisotopic (exact) mass is 324 g/mol. The fourth-order valence-corrected chi connectivity index (χ4v) is 2.78. The quantitative estimate of drug-likeness (QED) is 0.726. The molecule has 116 valence electrons. The third-order valence-electron chi connectivity index (χ3n) is 3.18. The lowest BCUT2D eigenvalue weighted by molar-refractivity contribution is -0.116. The van der Waals surface area contributed by atoms with Crippen LogP contribution < -0.4 is 10.1 Å². The Morgan fingerprint density at radius 3 is 2.74 bits per heavy atom. The number of hydrogen-bond acceptors (Lipinski definition) is 4. The van der Waals surface area contributed by atoms with Gasteiger partial charge < -0.3 is 10.1 Å². The van der Waals surface area contributed by atoms with Gasteiger partial charge in [-0.3, -0.25) is 4.79 Å². The first-order valence-corrected chi connectivity index (χ1v) is 8.19. The van der Waals surface area contributed by atoms with Crippen molar-refractivity contribution in [2.24, 2.45) is 0 Å². The predicted octanol–water partition coefficient (Wildman–Crippen LogP) is 4.51. The average Bonchev–Trinajstić information content (AvgIpc) is 3.09. The lowest BCUT2D eigenvalue weighted by Crippen LogP contribution is -2.13. The molecule has 2 aromatic heterocycles. The number of carbonyl (C=O) groups is 1. The first-order valence-electron chi connectivity index (χ1n) is 7.31. The minimum absolute atomic E-state index is 0.0516. The topological polar surface area (TPSA) is 51.2 Å². The second-order valence-electron chi connectivity index (χ2n) is 4.90. The Hall–Kier alpha value is -2.66. The number of anilines is 1. The van der Waals surface area contributed by atoms with E-state index in [1.54, 1.807) is 29.7 Å². The van der Waals surface area contributed by atoms with E-state index in [2.05, 4.69) is 10.3 Å². The Balaban J connectivity index is 1.64. The minimum atomic E-state index is -0.0516. The first kappa shape index (κ1) is 15.2. The van der Waals surface area contributed by atoms with Gasteiger partial charge in [-0.1, -0.05) is 24.3 Å². The van der Waals surface area contributed by atoms with Crippen LogP contribution in [0.4, 0.5) is 5.69 Å². The molecule has 0 spiro atoms. The molecule has 0 radical (unpaired) electrons. The number of rotatable bonds is 6. The van der Waals surface area contributed by atoms with Gasteiger partial charge in [0, 0.05) is 17.5 Å². The van der Waals surface area contributed by atoms with E-state index < -0.39 is 0 Å². The van der Waals surface area contributed by atoms with Gasteiger partial charge in [-0.25, -0.2) is 4.98 Å². The lowest BCUT2D eigenvalue weighted by Gasteiger charge is -2.10. The number of aromatic nitrogens is 1. The van der Waals surface area contributed by atoms with Crippen molar-refractivity contribution in [3.8, 4) is 11.6 Å². The molecule has 1 amide bonds. The van der Waals surface area contributed by atoms with Crippen molar-refractivity contribution in [1.29, 1.82) is 0 Å². The Labute approximate surface area is 138 Å². The number of carbonyl (C=O) groups excluding carboxylic acids is 1. The molecule has 0 saturated carbocycles. The third-order valence-corrected chi connectivity index (χ3v) is 4.12. The summed E-state index contributed by atoms with van der Waals surface area (Å²) in [5.74, 6) is 1.02. The summed E-state index contributed by atoms with van der Waals surface area (Å²) >= 11 is 1.66. The number of thiophene rings is 1. The molecule has 0 unspecified atom stereocenters. The fourth-order valence-electron chi connectivity index (χ4n) is 2.07. The van der Waals surface area contributed by atoms with Crippen molar-refractivity contribution in [2.45, 2.75) is 12.8 Å². The molecule has 4 nitrogen and oxygen atoms in total. The van der Waals surface area contributed by atoms with Crippen molar-refractivity contribution in [3.63, 3.8) is 0 Å². The summed E-state index contributed by atoms with van der Waals surface area (Å²) in [5.41, 5.74) is 0.576. The molecule has 1 aromatic carbocycles. The second kappa shape index (κ2) is 7.56. The van der Waals surface area contributed by atoms with Gasteiger partial charge in [0.15, 0.2) is 0 Å². The molecule has 5 heteroatoms. The number of amides is 1. The van der Waals surface area contributed by atoms with Gasteiger partial charge in [0.1, 0.15) is 11.4 Å². The van der Waals surface area contributed by atoms with Crippen molar-refractivity contribution in [1.82, 2.24) is 4.98 Å². The Morgan fingerprint density at radius 2 is 1.96 bits per heavy atom. The number of ether oxygens (including phenoxy) is 1. The predicted molar refractivity (Wildman–Crippen MR) is 92.0 cm³/mol. The summed E-state index contributed by atoms with van der Waals surface area (Å²) in [6, 6.07) is 17.0. The van der Waals surface area contributed by atoms with Crippen LogP contribution >= 0.6 is 11.3 Å². The zero-order valence-corrected chi connectivity index (χ0v) is 13.3. The molecule has 2 heterocycles. The van der Waals surface area contributed by atoms with Crippen LogP contribution in [0, 0.1) is 0 Å². The van der Waals surface area contributed by atoms with Crippen LogP contribution in [0.3, 0.4) is 0 Å². The number of aryl methyl sites for hydroxylation is 1. The van der Waals surface area contributed by atoms with Crippen molar-refractivity contribution in [3.05, 3.63) is 71.1 Å². The highest BCUT2D eigenvalue weighted by molar-refractivity contribution is 7.09. The largest absolute Gasteiger partial charge is 0.437 e. The van der Waals surface area contributed by atoms with E-state index in [0.29, 0.717) is 23.7 Å². The molecule has 3 rings (SSSR count). The number of nitrogens with one attached hydrogen (secondary N) is 1. The van der Waals surface area contributed by atoms with E-state index in [0.717, 1.165) is 6.42 Å². The van der Waals surface area contributed by atoms with E-state index >= 15 is 0 Å². The maximum absolute atomic E-state index is 12.1. The van der Waals surface area contributed by atoms with E-state index in [9.17, 15) is 4.79 Å². The molecular formula is C18H16N2O2S. The van der Waals surface area contributed by atoms with E-state index in [1.165, 1.54) is 4.88 Å². The van der Waals surface area contributed by atoms with Crippen LogP contribution in [0.15, 0.2) is 66.2 Å². The maximum Gasteiger partial charge on any atom is 0.243 e. The second-order valence-corrected chi connectivity index (χ2v) is 5.93. The molecular weight excluding hydrogens is 308 g/mol. The zero-order chi connectivity index (χ0) is 15.9. The molecule has 0 aliphatic heterocycles. The van der Waals surface area contributed by atoms with Crippen LogP contribution in [-0.2, 0) is 11.2 Å². The van der Waals surface area contributed by atoms with Crippen molar-refractivity contribution in [2.75, 3.05) is 5.32 Å². The fraction of sp³-hybridized carbons (Fsp3) is 0.111. The minimum Gasteiger partial charge on any atom is -0.437 e. The SMILES string of the molecule is O=C(CCc1cccs1)Nc1cccnc1Oc1ccccc1. The molecule has 0 bridgehead atoms. The summed E-state index contributed by atoms with van der Waals surface area (Å²) in [6.07, 6.45) is 2.80. The lowest BCUT2D eigenvalue weighted by atomic mass is 10.2. The van der Waals surface area contributed by atoms with Crippen LogP contribution in [0.2, 0.25) is 0 Å². The molecule has 23 heavy (non-hydrogen) atoms. The maximum atomic E-state index is 12.1. The van der Waals surface area contributed by atoms with Gasteiger partial charge in [-0.2, -0.15) is 0 Å². The van der Waals surface area contributed by atoms with Crippen molar-refractivity contribution >= 4 is 22.9 Å². The number of para-hydroxylation sites is 1. The highest BCUT2D eigenvalue weighted by Gasteiger charge is 2.10. The Bertz CT molecular complexity index is 758. The van der Waals surface area contributed by atoms with Crippen LogP contribution in [-0.4, -0.2) is 10.9 Å². The summed E-state index contributed by atoms with van der Waals surface area (Å²) in [5, 5.41) is 4.89. The molecule has 0 saturated heterocycles. The summed E-state index contributed by atoms with van der Waals surface area (Å²) in [7, 11) is 0. The Morgan fingerprint density at radius 1 is 1.09 bits per heavy atom. The van der Waals surface area contributed by atoms with Gasteiger partial charge in [-0.15, -0.1) is 11.3 Å². The molecule has 0 atom stereocenters. The average molecular weight is 324 g/mol. The van der Waals surface area contributed by atoms with E-state index in [-0.39, 0.29) is 5.91 Å². The summed E-state index contributed by atoms with van der Waals surface area (Å²) in [4.78, 5) is 17.5. The number of benzene rings is 1. The zero-order valence-electron chi connectivity index (χ0n) is 12.4. The smallest absolute Gasteiger partial charge is 0.243 e. The number of hydrogen-bond donors (Lipinski definition) is 1. The first-order chi connectivity index (χ1) is 11.3. The summed E-state index contributed by atoms with van der Waals surface area (Å²) in [6.45, 7) is 0. The van der Waals surface area contributed by atoms with Crippen LogP contribution in [0.5, 0.6) is 11.6 Å². The van der Waals surface area contributed by atoms with Crippen molar-refractivity contribution < 1.29 is 9.53 Å². The number of nitrogens with zero attached hydrogens (tertiary/aromatic N) is 1. The Kier molecular flexibility index (Phi) is 5.01. The van der Waals surface area contributed by atoms with Gasteiger partial charge in [0.05, 0.1) is 0 Å². The van der Waals surface area contributed by atoms with Crippen LogP contribution in [0.1, 0.15) is 11.3 Å². The highest BCUT2D eigenvalue weighted by atomic mass is 32.1. The molecule has 0 aliphatic carbocycles. The van der Waals surface area contributed by atoms with E-state index in [4.69, 9.17) is 4.74 Å². The van der Waals surface area contributed by atoms with Gasteiger partial charge in [-0.05, 0) is 42.1 Å². The van der Waals surface area contributed by atoms with E-state index in [1.807, 2.05) is 47.8 Å². The number of pyridine rings is 1. The normalized spacial score (nSPS) is 10.3. The molecule has 0 aliphatic rings. The third kappa shape index (κ3) is 4.40.